The average molecular weight is 534 g/mol. The predicted molar refractivity (Wildman–Crippen MR) is 150 cm³/mol. The summed E-state index contributed by atoms with van der Waals surface area (Å²) in [6, 6.07) is 7.98. The van der Waals surface area contributed by atoms with Crippen LogP contribution >= 0.6 is 0 Å². The first kappa shape index (κ1) is 28.1. The molecule has 1 aromatic carbocycles. The number of aromatic nitrogens is 3. The Morgan fingerprint density at radius 1 is 1.18 bits per heavy atom. The Morgan fingerprint density at radius 2 is 1.90 bits per heavy atom. The molecule has 0 radical (unpaired) electrons. The summed E-state index contributed by atoms with van der Waals surface area (Å²) in [4.78, 5) is 38.9. The van der Waals surface area contributed by atoms with Crippen LogP contribution in [0.3, 0.4) is 0 Å². The normalized spacial score (nSPS) is 16.3. The van der Waals surface area contributed by atoms with Gasteiger partial charge in [0.05, 0.1) is 11.9 Å². The van der Waals surface area contributed by atoms with Gasteiger partial charge in [0.1, 0.15) is 11.5 Å². The second-order valence-electron chi connectivity index (χ2n) is 10.6. The molecule has 1 fully saturated rings. The first-order valence-electron chi connectivity index (χ1n) is 13.3. The predicted octanol–water partition coefficient (Wildman–Crippen LogP) is 4.61. The fourth-order valence-electron chi connectivity index (χ4n) is 4.89. The number of nitrogens with one attached hydrogen (secondary N) is 1. The van der Waals surface area contributed by atoms with Crippen LogP contribution in [-0.2, 0) is 4.79 Å². The second-order valence-corrected chi connectivity index (χ2v) is 10.6. The molecular weight excluding hydrogens is 497 g/mol. The van der Waals surface area contributed by atoms with Crippen molar-refractivity contribution < 1.29 is 14.0 Å². The summed E-state index contributed by atoms with van der Waals surface area (Å²) in [5.41, 5.74) is 4.73. The molecule has 3 heterocycles. The van der Waals surface area contributed by atoms with E-state index in [1.807, 2.05) is 24.8 Å². The largest absolute Gasteiger partial charge is 0.336 e. The Kier molecular flexibility index (Phi) is 8.52. The van der Waals surface area contributed by atoms with Crippen LogP contribution in [-0.4, -0.2) is 79.9 Å². The molecule has 39 heavy (non-hydrogen) atoms. The minimum Gasteiger partial charge on any atom is -0.336 e. The van der Waals surface area contributed by atoms with Crippen LogP contribution in [0.2, 0.25) is 0 Å². The van der Waals surface area contributed by atoms with E-state index in [4.69, 9.17) is 5.41 Å². The van der Waals surface area contributed by atoms with Crippen LogP contribution in [0.25, 0.3) is 16.9 Å². The molecule has 1 unspecified atom stereocenters. The molecule has 1 atom stereocenters. The van der Waals surface area contributed by atoms with Gasteiger partial charge in [-0.25, -0.2) is 13.9 Å². The van der Waals surface area contributed by atoms with Crippen LogP contribution in [0, 0.1) is 11.2 Å². The zero-order valence-corrected chi connectivity index (χ0v) is 23.2. The van der Waals surface area contributed by atoms with Crippen molar-refractivity contribution in [2.75, 3.05) is 26.2 Å². The zero-order valence-electron chi connectivity index (χ0n) is 23.2. The van der Waals surface area contributed by atoms with E-state index in [2.05, 4.69) is 28.9 Å². The lowest BCUT2D eigenvalue weighted by molar-refractivity contribution is -0.135. The Labute approximate surface area is 228 Å². The number of hydrogen-bond donors (Lipinski definition) is 1. The lowest BCUT2D eigenvalue weighted by Crippen LogP contribution is -2.55. The Morgan fingerprint density at radius 3 is 2.54 bits per heavy atom. The molecule has 10 heteroatoms. The quantitative estimate of drug-likeness (QED) is 0.427. The van der Waals surface area contributed by atoms with Crippen molar-refractivity contribution in [2.45, 2.75) is 59.4 Å². The highest BCUT2D eigenvalue weighted by atomic mass is 19.1. The summed E-state index contributed by atoms with van der Waals surface area (Å²) >= 11 is 0. The van der Waals surface area contributed by atoms with E-state index in [1.54, 1.807) is 34.7 Å². The first-order valence-corrected chi connectivity index (χ1v) is 13.3. The molecule has 1 N–H and O–H groups in total. The lowest BCUT2D eigenvalue weighted by Gasteiger charge is -2.39. The summed E-state index contributed by atoms with van der Waals surface area (Å²) in [6.07, 6.45) is 2.48. The Balaban J connectivity index is 1.47. The van der Waals surface area contributed by atoms with Gasteiger partial charge in [-0.1, -0.05) is 13.8 Å². The third-order valence-electron chi connectivity index (χ3n) is 6.90. The number of amides is 2. The van der Waals surface area contributed by atoms with Gasteiger partial charge in [-0.2, -0.15) is 5.10 Å². The Hall–Kier alpha value is -3.95. The number of hydrogen-bond acceptors (Lipinski definition) is 6. The fourth-order valence-corrected chi connectivity index (χ4v) is 4.89. The number of rotatable bonds is 8. The molecule has 0 aliphatic carbocycles. The van der Waals surface area contributed by atoms with E-state index in [0.29, 0.717) is 61.8 Å². The molecule has 0 spiro atoms. The van der Waals surface area contributed by atoms with Crippen molar-refractivity contribution in [3.8, 4) is 11.3 Å². The van der Waals surface area contributed by atoms with Gasteiger partial charge in [0.2, 0.25) is 5.91 Å². The van der Waals surface area contributed by atoms with Crippen molar-refractivity contribution in [1.82, 2.24) is 24.4 Å². The number of aliphatic imine (C=N–C) groups is 1. The van der Waals surface area contributed by atoms with Crippen molar-refractivity contribution in [3.63, 3.8) is 0 Å². The average Bonchev–Trinajstić information content (AvgIpc) is 3.31. The molecule has 2 amide bonds. The molecule has 0 bridgehead atoms. The molecular formula is C29H36FN7O2. The highest BCUT2D eigenvalue weighted by Crippen LogP contribution is 2.26. The molecule has 2 aromatic heterocycles. The van der Waals surface area contributed by atoms with Gasteiger partial charge in [-0.15, -0.1) is 0 Å². The van der Waals surface area contributed by atoms with Crippen molar-refractivity contribution in [3.05, 3.63) is 53.6 Å². The van der Waals surface area contributed by atoms with Crippen LogP contribution in [0.1, 0.15) is 69.4 Å². The maximum atomic E-state index is 13.4. The maximum absolute atomic E-state index is 13.4. The standard InChI is InChI=1S/C29H36FN7O2/c1-18(2)24-15-25(22-6-8-23(30)9-7-22)34-37-17-26(33-28(24)37)29(39)35-12-13-36(21(5)16-35)27(38)10-11-32-20(4)14-19(3)31/h6-9,15,17-18,21,31H,10-14,16H2,1-5H3. The van der Waals surface area contributed by atoms with E-state index < -0.39 is 0 Å². The lowest BCUT2D eigenvalue weighted by atomic mass is 10.0. The number of halogens is 1. The van der Waals surface area contributed by atoms with E-state index in [1.165, 1.54) is 12.1 Å². The summed E-state index contributed by atoms with van der Waals surface area (Å²) in [5, 5.41) is 12.2. The van der Waals surface area contributed by atoms with Crippen LogP contribution in [0.5, 0.6) is 0 Å². The van der Waals surface area contributed by atoms with Gasteiger partial charge < -0.3 is 15.2 Å². The van der Waals surface area contributed by atoms with Gasteiger partial charge in [0.15, 0.2) is 5.65 Å². The highest BCUT2D eigenvalue weighted by molar-refractivity contribution is 6.01. The molecule has 4 rings (SSSR count). The monoisotopic (exact) mass is 533 g/mol. The number of imidazole rings is 1. The minimum absolute atomic E-state index is 0.0181. The number of carbonyl (C=O) groups excluding carboxylic acids is 2. The number of nitrogens with zero attached hydrogens (tertiary/aromatic N) is 6. The van der Waals surface area contributed by atoms with Crippen LogP contribution in [0.15, 0.2) is 41.5 Å². The number of piperazine rings is 1. The summed E-state index contributed by atoms with van der Waals surface area (Å²) in [5.74, 6) is -0.352. The van der Waals surface area contributed by atoms with Crippen molar-refractivity contribution in [2.24, 2.45) is 4.99 Å². The topological polar surface area (TPSA) is 107 Å². The highest BCUT2D eigenvalue weighted by Gasteiger charge is 2.31. The summed E-state index contributed by atoms with van der Waals surface area (Å²) < 4.78 is 15.1. The van der Waals surface area contributed by atoms with Crippen molar-refractivity contribution >= 4 is 28.9 Å². The SMILES string of the molecule is CC(=N)CC(C)=NCCC(=O)N1CCN(C(=O)c2cn3nc(-c4ccc(F)cc4)cc(C(C)C)c3n2)CC1C. The number of carbonyl (C=O) groups is 2. The second kappa shape index (κ2) is 11.8. The smallest absolute Gasteiger partial charge is 0.274 e. The third kappa shape index (κ3) is 6.55. The molecule has 1 aliphatic rings. The summed E-state index contributed by atoms with van der Waals surface area (Å²) in [7, 11) is 0. The van der Waals surface area contributed by atoms with Gasteiger partial charge in [0, 0.05) is 67.6 Å². The molecule has 0 saturated carbocycles. The van der Waals surface area contributed by atoms with Crippen LogP contribution < -0.4 is 0 Å². The van der Waals surface area contributed by atoms with Crippen LogP contribution in [0.4, 0.5) is 4.39 Å². The number of fused-ring (bicyclic) bond motifs is 1. The van der Waals surface area contributed by atoms with E-state index in [9.17, 15) is 14.0 Å². The molecule has 1 aliphatic heterocycles. The van der Waals surface area contributed by atoms with Gasteiger partial charge in [-0.05, 0) is 57.0 Å². The molecule has 1 saturated heterocycles. The third-order valence-corrected chi connectivity index (χ3v) is 6.90. The summed E-state index contributed by atoms with van der Waals surface area (Å²) in [6.45, 7) is 11.4. The van der Waals surface area contributed by atoms with E-state index in [-0.39, 0.29) is 29.6 Å². The number of benzene rings is 1. The zero-order chi connectivity index (χ0) is 28.3. The van der Waals surface area contributed by atoms with E-state index >= 15 is 0 Å². The fraction of sp³-hybridized carbons (Fsp3) is 0.448. The maximum Gasteiger partial charge on any atom is 0.274 e. The molecule has 3 aromatic rings. The molecule has 206 valence electrons. The van der Waals surface area contributed by atoms with Gasteiger partial charge in [-0.3, -0.25) is 14.6 Å². The van der Waals surface area contributed by atoms with Gasteiger partial charge in [0.25, 0.3) is 5.91 Å². The minimum atomic E-state index is -0.312. The van der Waals surface area contributed by atoms with Gasteiger partial charge >= 0.3 is 0 Å². The van der Waals surface area contributed by atoms with Crippen molar-refractivity contribution in [1.29, 1.82) is 5.41 Å². The first-order chi connectivity index (χ1) is 18.5. The van der Waals surface area contributed by atoms with E-state index in [0.717, 1.165) is 16.8 Å². The Bertz CT molecular complexity index is 1410. The molecule has 9 nitrogen and oxygen atoms in total.